The van der Waals surface area contributed by atoms with Crippen LogP contribution in [0.4, 0.5) is 17.3 Å². The normalized spacial score (nSPS) is 10.8. The van der Waals surface area contributed by atoms with Gasteiger partial charge in [-0.2, -0.15) is 0 Å². The first-order valence-electron chi connectivity index (χ1n) is 8.89. The fourth-order valence-corrected chi connectivity index (χ4v) is 2.57. The number of unbranched alkanes of at least 4 members (excludes halogenated alkanes) is 1. The first-order valence-corrected chi connectivity index (χ1v) is 8.89. The van der Waals surface area contributed by atoms with E-state index < -0.39 is 4.92 Å². The van der Waals surface area contributed by atoms with Crippen molar-refractivity contribution >= 4 is 34.3 Å². The Labute approximate surface area is 157 Å². The van der Waals surface area contributed by atoms with E-state index in [4.69, 9.17) is 5.84 Å². The zero-order valence-electron chi connectivity index (χ0n) is 15.5. The molecule has 0 aliphatic carbocycles. The molecule has 2 rings (SSSR count). The fourth-order valence-electron chi connectivity index (χ4n) is 2.57. The number of fused-ring (bicyclic) bond motifs is 1. The summed E-state index contributed by atoms with van der Waals surface area (Å²) in [6.45, 7) is 5.32. The SMILES string of the molecule is CC(C)CC(=O)NCCCCNc1[nH+]c2ccc([N+](=O)[O-])cc2nc1NN. The van der Waals surface area contributed by atoms with Crippen molar-refractivity contribution < 1.29 is 14.7 Å². The number of non-ortho nitro benzene ring substituents is 1. The van der Waals surface area contributed by atoms with Crippen molar-refractivity contribution in [2.45, 2.75) is 33.1 Å². The van der Waals surface area contributed by atoms with Gasteiger partial charge in [-0.3, -0.25) is 20.2 Å². The average molecular weight is 376 g/mol. The van der Waals surface area contributed by atoms with E-state index in [9.17, 15) is 14.9 Å². The molecule has 6 N–H and O–H groups in total. The Morgan fingerprint density at radius 3 is 2.74 bits per heavy atom. The van der Waals surface area contributed by atoms with Gasteiger partial charge in [0.2, 0.25) is 11.7 Å². The van der Waals surface area contributed by atoms with Crippen LogP contribution in [-0.2, 0) is 4.79 Å². The number of rotatable bonds is 10. The summed E-state index contributed by atoms with van der Waals surface area (Å²) in [4.78, 5) is 29.4. The molecule has 2 aromatic rings. The number of hydrogen-bond donors (Lipinski definition) is 4. The molecule has 0 atom stereocenters. The van der Waals surface area contributed by atoms with Crippen molar-refractivity contribution in [3.8, 4) is 0 Å². The molecule has 27 heavy (non-hydrogen) atoms. The molecule has 0 radical (unpaired) electrons. The molecule has 10 nitrogen and oxygen atoms in total. The third-order valence-corrected chi connectivity index (χ3v) is 3.88. The average Bonchev–Trinajstić information content (AvgIpc) is 2.62. The molecule has 10 heteroatoms. The van der Waals surface area contributed by atoms with E-state index in [1.165, 1.54) is 12.1 Å². The number of anilines is 2. The van der Waals surface area contributed by atoms with Crippen molar-refractivity contribution in [1.82, 2.24) is 10.3 Å². The van der Waals surface area contributed by atoms with Gasteiger partial charge in [0.15, 0.2) is 5.52 Å². The first-order chi connectivity index (χ1) is 12.9. The zero-order valence-corrected chi connectivity index (χ0v) is 15.5. The number of hydrogen-bond acceptors (Lipinski definition) is 7. The number of carbonyl (C=O) groups is 1. The number of nitrogen functional groups attached to an aromatic ring is 1. The number of aromatic amines is 1. The van der Waals surface area contributed by atoms with Gasteiger partial charge in [-0.25, -0.2) is 15.8 Å². The lowest BCUT2D eigenvalue weighted by atomic mass is 10.1. The monoisotopic (exact) mass is 376 g/mol. The number of benzene rings is 1. The molecule has 1 aromatic heterocycles. The Kier molecular flexibility index (Phi) is 7.24. The van der Waals surface area contributed by atoms with Crippen molar-refractivity contribution in [2.24, 2.45) is 11.8 Å². The van der Waals surface area contributed by atoms with Gasteiger partial charge in [0.1, 0.15) is 5.52 Å². The molecular formula is C17H26N7O3+. The summed E-state index contributed by atoms with van der Waals surface area (Å²) in [7, 11) is 0. The van der Waals surface area contributed by atoms with Gasteiger partial charge in [0, 0.05) is 25.1 Å². The lowest BCUT2D eigenvalue weighted by Gasteiger charge is -2.07. The van der Waals surface area contributed by atoms with E-state index >= 15 is 0 Å². The van der Waals surface area contributed by atoms with Crippen LogP contribution in [0, 0.1) is 16.0 Å². The van der Waals surface area contributed by atoms with Gasteiger partial charge in [-0.05, 0) is 24.8 Å². The molecule has 0 aliphatic rings. The molecule has 0 spiro atoms. The van der Waals surface area contributed by atoms with E-state index in [0.29, 0.717) is 48.1 Å². The van der Waals surface area contributed by atoms with E-state index in [1.54, 1.807) is 6.07 Å². The number of hydrazine groups is 1. The van der Waals surface area contributed by atoms with Crippen molar-refractivity contribution in [2.75, 3.05) is 23.8 Å². The molecule has 0 saturated heterocycles. The van der Waals surface area contributed by atoms with E-state index in [2.05, 4.69) is 26.0 Å². The zero-order chi connectivity index (χ0) is 19.8. The Morgan fingerprint density at radius 1 is 1.33 bits per heavy atom. The largest absolute Gasteiger partial charge is 0.356 e. The minimum absolute atomic E-state index is 0.0356. The molecule has 1 heterocycles. The lowest BCUT2D eigenvalue weighted by Crippen LogP contribution is -2.26. The van der Waals surface area contributed by atoms with Crippen LogP contribution in [-0.4, -0.2) is 28.9 Å². The van der Waals surface area contributed by atoms with Crippen LogP contribution < -0.4 is 26.9 Å². The molecule has 146 valence electrons. The second kappa shape index (κ2) is 9.62. The summed E-state index contributed by atoms with van der Waals surface area (Å²) in [5.74, 6) is 6.91. The summed E-state index contributed by atoms with van der Waals surface area (Å²) < 4.78 is 0. The Balaban J connectivity index is 1.89. The molecule has 1 amide bonds. The lowest BCUT2D eigenvalue weighted by molar-refractivity contribution is -0.385. The number of aromatic nitrogens is 2. The van der Waals surface area contributed by atoms with E-state index in [0.717, 1.165) is 12.8 Å². The second-order valence-electron chi connectivity index (χ2n) is 6.65. The van der Waals surface area contributed by atoms with Gasteiger partial charge < -0.3 is 10.7 Å². The van der Waals surface area contributed by atoms with E-state index in [1.807, 2.05) is 13.8 Å². The van der Waals surface area contributed by atoms with E-state index in [-0.39, 0.29) is 11.6 Å². The first kappa shape index (κ1) is 20.3. The summed E-state index contributed by atoms with van der Waals surface area (Å²) >= 11 is 0. The van der Waals surface area contributed by atoms with Crippen LogP contribution in [0.15, 0.2) is 18.2 Å². The number of nitro benzene ring substituents is 1. The highest BCUT2D eigenvalue weighted by Gasteiger charge is 2.16. The summed E-state index contributed by atoms with van der Waals surface area (Å²) in [5.41, 5.74) is 3.55. The summed E-state index contributed by atoms with van der Waals surface area (Å²) in [6, 6.07) is 4.41. The quantitative estimate of drug-likeness (QED) is 0.213. The van der Waals surface area contributed by atoms with Gasteiger partial charge in [0.05, 0.1) is 11.5 Å². The highest BCUT2D eigenvalue weighted by molar-refractivity contribution is 5.77. The van der Waals surface area contributed by atoms with Gasteiger partial charge in [0.25, 0.3) is 5.69 Å². The number of nitrogens with two attached hydrogens (primary N) is 1. The predicted molar refractivity (Wildman–Crippen MR) is 103 cm³/mol. The summed E-state index contributed by atoms with van der Waals surface area (Å²) in [6.07, 6.45) is 2.23. The van der Waals surface area contributed by atoms with Crippen molar-refractivity contribution in [3.63, 3.8) is 0 Å². The number of amides is 1. The predicted octanol–water partition coefficient (Wildman–Crippen LogP) is 1.60. The van der Waals surface area contributed by atoms with Crippen LogP contribution in [0.3, 0.4) is 0 Å². The van der Waals surface area contributed by atoms with Crippen LogP contribution >= 0.6 is 0 Å². The molecule has 0 saturated carbocycles. The third kappa shape index (κ3) is 6.03. The highest BCUT2D eigenvalue weighted by Crippen LogP contribution is 2.20. The number of carbonyl (C=O) groups excluding carboxylic acids is 1. The summed E-state index contributed by atoms with van der Waals surface area (Å²) in [5, 5.41) is 17.0. The van der Waals surface area contributed by atoms with Gasteiger partial charge in [-0.1, -0.05) is 13.8 Å². The molecule has 0 fully saturated rings. The maximum Gasteiger partial charge on any atom is 0.317 e. The molecule has 0 bridgehead atoms. The maximum atomic E-state index is 11.6. The third-order valence-electron chi connectivity index (χ3n) is 3.88. The molecular weight excluding hydrogens is 350 g/mol. The topological polar surface area (TPSA) is 149 Å². The number of nitrogens with zero attached hydrogens (tertiary/aromatic N) is 2. The van der Waals surface area contributed by atoms with Gasteiger partial charge in [-0.15, -0.1) is 0 Å². The van der Waals surface area contributed by atoms with Crippen LogP contribution in [0.25, 0.3) is 11.0 Å². The van der Waals surface area contributed by atoms with Crippen molar-refractivity contribution in [1.29, 1.82) is 0 Å². The maximum absolute atomic E-state index is 11.6. The standard InChI is InChI=1S/C17H25N7O3/c1-11(2)9-15(25)19-7-3-4-8-20-16-17(23-18)22-14-10-12(24(26)27)5-6-13(14)21-16/h5-6,10-11H,3-4,7-9,18H2,1-2H3,(H,19,25)(H,20,21)(H,22,23)/p+1. The highest BCUT2D eigenvalue weighted by atomic mass is 16.6. The minimum atomic E-state index is -0.469. The van der Waals surface area contributed by atoms with Crippen LogP contribution in [0.1, 0.15) is 33.1 Å². The smallest absolute Gasteiger partial charge is 0.317 e. The number of H-pyrrole nitrogens is 1. The Morgan fingerprint density at radius 2 is 2.07 bits per heavy atom. The fraction of sp³-hybridized carbons (Fsp3) is 0.471. The number of nitrogens with one attached hydrogen (secondary N) is 4. The minimum Gasteiger partial charge on any atom is -0.356 e. The molecule has 1 aromatic carbocycles. The second-order valence-corrected chi connectivity index (χ2v) is 6.65. The van der Waals surface area contributed by atoms with Crippen LogP contribution in [0.2, 0.25) is 0 Å². The number of nitro groups is 1. The van der Waals surface area contributed by atoms with Crippen LogP contribution in [0.5, 0.6) is 0 Å². The molecule has 0 aliphatic heterocycles. The Bertz CT molecular complexity index is 810. The van der Waals surface area contributed by atoms with Crippen molar-refractivity contribution in [3.05, 3.63) is 28.3 Å². The molecule has 0 unspecified atom stereocenters. The Hall–Kier alpha value is -3.01. The van der Waals surface area contributed by atoms with Gasteiger partial charge >= 0.3 is 5.82 Å².